The first kappa shape index (κ1) is 12.6. The first-order valence-electron chi connectivity index (χ1n) is 6.19. The van der Waals surface area contributed by atoms with E-state index in [0.29, 0.717) is 5.91 Å². The second-order valence-electron chi connectivity index (χ2n) is 4.89. The summed E-state index contributed by atoms with van der Waals surface area (Å²) in [5.41, 5.74) is 1.39. The Balaban J connectivity index is 1.80. The van der Waals surface area contributed by atoms with Gasteiger partial charge in [-0.3, -0.25) is 9.69 Å². The monoisotopic (exact) mass is 252 g/mol. The topological polar surface area (TPSA) is 23.6 Å². The highest BCUT2D eigenvalue weighted by molar-refractivity contribution is 7.07. The van der Waals surface area contributed by atoms with Crippen molar-refractivity contribution >= 4 is 17.2 Å². The molecular formula is C13H20N2OS. The van der Waals surface area contributed by atoms with Gasteiger partial charge in [0.2, 0.25) is 5.91 Å². The molecule has 17 heavy (non-hydrogen) atoms. The van der Waals surface area contributed by atoms with Crippen molar-refractivity contribution in [2.75, 3.05) is 26.2 Å². The van der Waals surface area contributed by atoms with Crippen LogP contribution in [-0.2, 0) is 11.3 Å². The van der Waals surface area contributed by atoms with Crippen molar-refractivity contribution in [1.82, 2.24) is 9.80 Å². The summed E-state index contributed by atoms with van der Waals surface area (Å²) in [6.45, 7) is 8.71. The van der Waals surface area contributed by atoms with Gasteiger partial charge >= 0.3 is 0 Å². The second-order valence-corrected chi connectivity index (χ2v) is 5.67. The zero-order chi connectivity index (χ0) is 12.3. The standard InChI is InChI=1S/C13H20N2OS/c1-11(2)13(16)15-6-4-14(5-7-15)9-12-3-8-17-10-12/h3,8,10-11H,4-7,9H2,1-2H3. The maximum Gasteiger partial charge on any atom is 0.225 e. The first-order chi connectivity index (χ1) is 8.16. The molecule has 1 aliphatic rings. The van der Waals surface area contributed by atoms with Crippen molar-refractivity contribution < 1.29 is 4.79 Å². The molecule has 4 heteroatoms. The molecular weight excluding hydrogens is 232 g/mol. The Morgan fingerprint density at radius 2 is 2.06 bits per heavy atom. The molecule has 1 amide bonds. The normalized spacial score (nSPS) is 17.7. The van der Waals surface area contributed by atoms with Crippen LogP contribution in [0.1, 0.15) is 19.4 Å². The number of hydrogen-bond acceptors (Lipinski definition) is 3. The minimum absolute atomic E-state index is 0.124. The molecule has 1 fully saturated rings. The van der Waals surface area contributed by atoms with E-state index in [9.17, 15) is 4.79 Å². The Morgan fingerprint density at radius 3 is 2.59 bits per heavy atom. The van der Waals surface area contributed by atoms with Crippen LogP contribution < -0.4 is 0 Å². The molecule has 0 aliphatic carbocycles. The lowest BCUT2D eigenvalue weighted by atomic mass is 10.1. The van der Waals surface area contributed by atoms with Crippen LogP contribution in [0.4, 0.5) is 0 Å². The number of thiophene rings is 1. The van der Waals surface area contributed by atoms with Crippen LogP contribution in [0.5, 0.6) is 0 Å². The summed E-state index contributed by atoms with van der Waals surface area (Å²) in [7, 11) is 0. The van der Waals surface area contributed by atoms with E-state index in [4.69, 9.17) is 0 Å². The lowest BCUT2D eigenvalue weighted by Crippen LogP contribution is -2.49. The summed E-state index contributed by atoms with van der Waals surface area (Å²) in [6, 6.07) is 2.18. The fraction of sp³-hybridized carbons (Fsp3) is 0.615. The third kappa shape index (κ3) is 3.30. The fourth-order valence-corrected chi connectivity index (χ4v) is 2.79. The summed E-state index contributed by atoms with van der Waals surface area (Å²) in [5, 5.41) is 4.32. The summed E-state index contributed by atoms with van der Waals surface area (Å²) in [5.74, 6) is 0.415. The predicted octanol–water partition coefficient (Wildman–Crippen LogP) is 2.05. The number of nitrogens with zero attached hydrogens (tertiary/aromatic N) is 2. The SMILES string of the molecule is CC(C)C(=O)N1CCN(Cc2ccsc2)CC1. The van der Waals surface area contributed by atoms with E-state index in [2.05, 4.69) is 21.7 Å². The highest BCUT2D eigenvalue weighted by Gasteiger charge is 2.22. The van der Waals surface area contributed by atoms with Crippen LogP contribution in [0.3, 0.4) is 0 Å². The number of piperazine rings is 1. The molecule has 94 valence electrons. The largest absolute Gasteiger partial charge is 0.340 e. The highest BCUT2D eigenvalue weighted by atomic mass is 32.1. The second kappa shape index (κ2) is 5.65. The molecule has 1 aromatic rings. The van der Waals surface area contributed by atoms with Crippen molar-refractivity contribution in [2.45, 2.75) is 20.4 Å². The van der Waals surface area contributed by atoms with Gasteiger partial charge in [0.1, 0.15) is 0 Å². The van der Waals surface area contributed by atoms with Crippen LogP contribution in [0, 0.1) is 5.92 Å². The van der Waals surface area contributed by atoms with E-state index in [0.717, 1.165) is 32.7 Å². The van der Waals surface area contributed by atoms with Gasteiger partial charge < -0.3 is 4.90 Å². The fourth-order valence-electron chi connectivity index (χ4n) is 2.13. The molecule has 1 aliphatic heterocycles. The lowest BCUT2D eigenvalue weighted by molar-refractivity contribution is -0.136. The maximum absolute atomic E-state index is 11.8. The molecule has 1 aromatic heterocycles. The molecule has 0 bridgehead atoms. The van der Waals surface area contributed by atoms with Crippen molar-refractivity contribution in [3.8, 4) is 0 Å². The van der Waals surface area contributed by atoms with Gasteiger partial charge in [-0.1, -0.05) is 13.8 Å². The third-order valence-electron chi connectivity index (χ3n) is 3.16. The molecule has 0 saturated carbocycles. The maximum atomic E-state index is 11.8. The third-order valence-corrected chi connectivity index (χ3v) is 3.90. The van der Waals surface area contributed by atoms with E-state index in [1.165, 1.54) is 5.56 Å². The molecule has 0 atom stereocenters. The van der Waals surface area contributed by atoms with Gasteiger partial charge in [-0.25, -0.2) is 0 Å². The summed E-state index contributed by atoms with van der Waals surface area (Å²) in [4.78, 5) is 16.2. The zero-order valence-corrected chi connectivity index (χ0v) is 11.4. The molecule has 3 nitrogen and oxygen atoms in total. The number of amides is 1. The van der Waals surface area contributed by atoms with Gasteiger partial charge in [-0.15, -0.1) is 0 Å². The van der Waals surface area contributed by atoms with Crippen molar-refractivity contribution in [3.05, 3.63) is 22.4 Å². The Labute approximate surface area is 107 Å². The van der Waals surface area contributed by atoms with Gasteiger partial charge in [-0.2, -0.15) is 11.3 Å². The summed E-state index contributed by atoms with van der Waals surface area (Å²) < 4.78 is 0. The number of hydrogen-bond donors (Lipinski definition) is 0. The zero-order valence-electron chi connectivity index (χ0n) is 10.6. The number of carbonyl (C=O) groups excluding carboxylic acids is 1. The number of carbonyl (C=O) groups is 1. The Morgan fingerprint density at radius 1 is 1.35 bits per heavy atom. The summed E-state index contributed by atoms with van der Waals surface area (Å²) >= 11 is 1.75. The highest BCUT2D eigenvalue weighted by Crippen LogP contribution is 2.12. The van der Waals surface area contributed by atoms with Crippen LogP contribution in [0.25, 0.3) is 0 Å². The lowest BCUT2D eigenvalue weighted by Gasteiger charge is -2.35. The smallest absolute Gasteiger partial charge is 0.225 e. The molecule has 0 radical (unpaired) electrons. The molecule has 0 aromatic carbocycles. The molecule has 2 rings (SSSR count). The van der Waals surface area contributed by atoms with Gasteiger partial charge in [0.15, 0.2) is 0 Å². The van der Waals surface area contributed by atoms with Crippen LogP contribution in [-0.4, -0.2) is 41.9 Å². The molecule has 1 saturated heterocycles. The van der Waals surface area contributed by atoms with Gasteiger partial charge in [-0.05, 0) is 22.4 Å². The molecule has 0 unspecified atom stereocenters. The average molecular weight is 252 g/mol. The van der Waals surface area contributed by atoms with Crippen molar-refractivity contribution in [3.63, 3.8) is 0 Å². The van der Waals surface area contributed by atoms with E-state index in [1.807, 2.05) is 18.7 Å². The Kier molecular flexibility index (Phi) is 4.18. The van der Waals surface area contributed by atoms with Gasteiger partial charge in [0.05, 0.1) is 0 Å². The van der Waals surface area contributed by atoms with Crippen molar-refractivity contribution in [1.29, 1.82) is 0 Å². The molecule has 2 heterocycles. The van der Waals surface area contributed by atoms with E-state index >= 15 is 0 Å². The first-order valence-corrected chi connectivity index (χ1v) is 7.13. The molecule has 0 spiro atoms. The average Bonchev–Trinajstić information content (AvgIpc) is 2.82. The Hall–Kier alpha value is -0.870. The Bertz CT molecular complexity index is 354. The van der Waals surface area contributed by atoms with Crippen LogP contribution >= 0.6 is 11.3 Å². The van der Waals surface area contributed by atoms with Crippen LogP contribution in [0.15, 0.2) is 16.8 Å². The van der Waals surface area contributed by atoms with E-state index in [-0.39, 0.29) is 5.92 Å². The van der Waals surface area contributed by atoms with E-state index < -0.39 is 0 Å². The summed E-state index contributed by atoms with van der Waals surface area (Å²) in [6.07, 6.45) is 0. The van der Waals surface area contributed by atoms with Crippen LogP contribution in [0.2, 0.25) is 0 Å². The molecule has 0 N–H and O–H groups in total. The van der Waals surface area contributed by atoms with Gasteiger partial charge in [0.25, 0.3) is 0 Å². The minimum Gasteiger partial charge on any atom is -0.340 e. The van der Waals surface area contributed by atoms with Crippen molar-refractivity contribution in [2.24, 2.45) is 5.92 Å². The van der Waals surface area contributed by atoms with E-state index in [1.54, 1.807) is 11.3 Å². The minimum atomic E-state index is 0.124. The number of rotatable bonds is 3. The van der Waals surface area contributed by atoms with Gasteiger partial charge in [0, 0.05) is 38.6 Å². The quantitative estimate of drug-likeness (QED) is 0.822. The predicted molar refractivity (Wildman–Crippen MR) is 71.0 cm³/mol.